The van der Waals surface area contributed by atoms with Crippen molar-refractivity contribution in [3.05, 3.63) is 16.5 Å². The van der Waals surface area contributed by atoms with E-state index in [0.29, 0.717) is 0 Å². The molecule has 88 valence electrons. The van der Waals surface area contributed by atoms with Gasteiger partial charge in [-0.1, -0.05) is 6.92 Å². The van der Waals surface area contributed by atoms with Crippen molar-refractivity contribution >= 4 is 21.7 Å². The molecule has 0 radical (unpaired) electrons. The molecular formula is C11H16BrN3O. The Balaban J connectivity index is 2.16. The minimum atomic E-state index is -0.146. The summed E-state index contributed by atoms with van der Waals surface area (Å²) >= 11 is 3.41. The number of aliphatic hydroxyl groups excluding tert-OH is 1. The summed E-state index contributed by atoms with van der Waals surface area (Å²) in [5.41, 5.74) is 0. The normalized spacial score (nSPS) is 17.8. The number of hydrogen-bond acceptors (Lipinski definition) is 4. The van der Waals surface area contributed by atoms with Crippen molar-refractivity contribution in [2.75, 3.05) is 18.0 Å². The van der Waals surface area contributed by atoms with Crippen molar-refractivity contribution in [3.8, 4) is 0 Å². The molecule has 4 nitrogen and oxygen atoms in total. The Hall–Kier alpha value is -0.680. The minimum absolute atomic E-state index is 0.146. The fraction of sp³-hybridized carbons (Fsp3) is 0.636. The van der Waals surface area contributed by atoms with Crippen LogP contribution in [0.15, 0.2) is 10.7 Å². The first-order valence-electron chi connectivity index (χ1n) is 5.65. The Kier molecular flexibility index (Phi) is 3.76. The smallest absolute Gasteiger partial charge is 0.133 e. The third kappa shape index (κ3) is 2.71. The van der Waals surface area contributed by atoms with E-state index in [-0.39, 0.29) is 6.10 Å². The molecule has 1 fully saturated rings. The zero-order valence-electron chi connectivity index (χ0n) is 9.36. The van der Waals surface area contributed by atoms with Crippen molar-refractivity contribution in [1.29, 1.82) is 0 Å². The van der Waals surface area contributed by atoms with Crippen LogP contribution in [0.2, 0.25) is 0 Å². The predicted octanol–water partition coefficient (Wildman–Crippen LogP) is 1.76. The lowest BCUT2D eigenvalue weighted by Crippen LogP contribution is -2.36. The van der Waals surface area contributed by atoms with Gasteiger partial charge in [0.25, 0.3) is 0 Å². The number of halogens is 1. The lowest BCUT2D eigenvalue weighted by atomic mass is 10.1. The molecule has 1 aromatic rings. The van der Waals surface area contributed by atoms with Crippen LogP contribution < -0.4 is 4.90 Å². The molecule has 5 heteroatoms. The lowest BCUT2D eigenvalue weighted by Gasteiger charge is -2.30. The van der Waals surface area contributed by atoms with Gasteiger partial charge in [-0.25, -0.2) is 9.97 Å². The van der Waals surface area contributed by atoms with Crippen LogP contribution in [0.3, 0.4) is 0 Å². The predicted molar refractivity (Wildman–Crippen MR) is 66.6 cm³/mol. The molecule has 2 rings (SSSR count). The molecule has 0 spiro atoms. The van der Waals surface area contributed by atoms with Crippen LogP contribution in [0, 0.1) is 0 Å². The summed E-state index contributed by atoms with van der Waals surface area (Å²) in [6, 6.07) is 1.94. The molecule has 2 heterocycles. The summed E-state index contributed by atoms with van der Waals surface area (Å²) in [5.74, 6) is 1.82. The molecule has 1 aromatic heterocycles. The van der Waals surface area contributed by atoms with Crippen LogP contribution in [0.4, 0.5) is 5.82 Å². The summed E-state index contributed by atoms with van der Waals surface area (Å²) in [6.45, 7) is 3.78. The van der Waals surface area contributed by atoms with Crippen LogP contribution in [-0.2, 0) is 6.42 Å². The molecule has 0 bridgehead atoms. The largest absolute Gasteiger partial charge is 0.393 e. The number of nitrogens with zero attached hydrogens (tertiary/aromatic N) is 3. The van der Waals surface area contributed by atoms with E-state index in [0.717, 1.165) is 48.6 Å². The van der Waals surface area contributed by atoms with Gasteiger partial charge in [0.05, 0.1) is 6.10 Å². The first-order chi connectivity index (χ1) is 7.69. The van der Waals surface area contributed by atoms with Gasteiger partial charge in [0.1, 0.15) is 16.2 Å². The number of aromatic nitrogens is 2. The number of anilines is 1. The summed E-state index contributed by atoms with van der Waals surface area (Å²) < 4.78 is 0.834. The first-order valence-corrected chi connectivity index (χ1v) is 6.45. The summed E-state index contributed by atoms with van der Waals surface area (Å²) in [6.07, 6.45) is 2.34. The van der Waals surface area contributed by atoms with Crippen LogP contribution in [0.1, 0.15) is 25.6 Å². The standard InChI is InChI=1S/C11H16BrN3O/c1-2-10-13-9(12)7-11(14-10)15-5-3-8(16)4-6-15/h7-8,16H,2-6H2,1H3. The third-order valence-corrected chi connectivity index (χ3v) is 3.24. The summed E-state index contributed by atoms with van der Waals surface area (Å²) in [7, 11) is 0. The molecule has 0 atom stereocenters. The highest BCUT2D eigenvalue weighted by atomic mass is 79.9. The second-order valence-electron chi connectivity index (χ2n) is 4.04. The highest BCUT2D eigenvalue weighted by Gasteiger charge is 2.18. The summed E-state index contributed by atoms with van der Waals surface area (Å²) in [4.78, 5) is 11.0. The Morgan fingerprint density at radius 1 is 1.44 bits per heavy atom. The van der Waals surface area contributed by atoms with E-state index in [1.165, 1.54) is 0 Å². The maximum absolute atomic E-state index is 9.46. The van der Waals surface area contributed by atoms with Gasteiger partial charge in [-0.15, -0.1) is 0 Å². The lowest BCUT2D eigenvalue weighted by molar-refractivity contribution is 0.145. The molecule has 1 saturated heterocycles. The highest BCUT2D eigenvalue weighted by Crippen LogP contribution is 2.21. The second kappa shape index (κ2) is 5.10. The Bertz CT molecular complexity index is 364. The Labute approximate surface area is 104 Å². The molecule has 1 aliphatic heterocycles. The second-order valence-corrected chi connectivity index (χ2v) is 4.85. The Morgan fingerprint density at radius 2 is 2.12 bits per heavy atom. The number of piperidine rings is 1. The van der Waals surface area contributed by atoms with Gasteiger partial charge in [0.2, 0.25) is 0 Å². The molecule has 1 aliphatic rings. The van der Waals surface area contributed by atoms with E-state index < -0.39 is 0 Å². The molecule has 0 unspecified atom stereocenters. The van der Waals surface area contributed by atoms with E-state index >= 15 is 0 Å². The van der Waals surface area contributed by atoms with Gasteiger partial charge >= 0.3 is 0 Å². The van der Waals surface area contributed by atoms with Crippen molar-refractivity contribution in [2.24, 2.45) is 0 Å². The number of aryl methyl sites for hydroxylation is 1. The van der Waals surface area contributed by atoms with E-state index in [2.05, 4.69) is 30.8 Å². The maximum Gasteiger partial charge on any atom is 0.133 e. The van der Waals surface area contributed by atoms with E-state index in [1.54, 1.807) is 0 Å². The van der Waals surface area contributed by atoms with Gasteiger partial charge in [-0.3, -0.25) is 0 Å². The topological polar surface area (TPSA) is 49.2 Å². The van der Waals surface area contributed by atoms with Crippen molar-refractivity contribution < 1.29 is 5.11 Å². The highest BCUT2D eigenvalue weighted by molar-refractivity contribution is 9.10. The zero-order valence-corrected chi connectivity index (χ0v) is 10.9. The van der Waals surface area contributed by atoms with Crippen LogP contribution in [0.25, 0.3) is 0 Å². The average Bonchev–Trinajstić information content (AvgIpc) is 2.29. The monoisotopic (exact) mass is 285 g/mol. The zero-order chi connectivity index (χ0) is 11.5. The van der Waals surface area contributed by atoms with Crippen molar-refractivity contribution in [3.63, 3.8) is 0 Å². The number of aliphatic hydroxyl groups is 1. The molecule has 0 amide bonds. The average molecular weight is 286 g/mol. The molecule has 0 aromatic carbocycles. The van der Waals surface area contributed by atoms with Gasteiger partial charge in [-0.05, 0) is 28.8 Å². The fourth-order valence-electron chi connectivity index (χ4n) is 1.87. The van der Waals surface area contributed by atoms with Crippen molar-refractivity contribution in [2.45, 2.75) is 32.3 Å². The van der Waals surface area contributed by atoms with Crippen LogP contribution in [-0.4, -0.2) is 34.3 Å². The molecule has 0 aliphatic carbocycles. The van der Waals surface area contributed by atoms with Crippen LogP contribution in [0.5, 0.6) is 0 Å². The molecule has 16 heavy (non-hydrogen) atoms. The molecule has 0 saturated carbocycles. The van der Waals surface area contributed by atoms with E-state index in [1.807, 2.05) is 13.0 Å². The fourth-order valence-corrected chi connectivity index (χ4v) is 2.28. The molecular weight excluding hydrogens is 270 g/mol. The van der Waals surface area contributed by atoms with Gasteiger partial charge in [0, 0.05) is 25.6 Å². The van der Waals surface area contributed by atoms with Crippen LogP contribution >= 0.6 is 15.9 Å². The van der Waals surface area contributed by atoms with E-state index in [9.17, 15) is 5.11 Å². The van der Waals surface area contributed by atoms with Crippen molar-refractivity contribution in [1.82, 2.24) is 9.97 Å². The SMILES string of the molecule is CCc1nc(Br)cc(N2CCC(O)CC2)n1. The maximum atomic E-state index is 9.46. The Morgan fingerprint density at radius 3 is 2.75 bits per heavy atom. The quantitative estimate of drug-likeness (QED) is 0.842. The van der Waals surface area contributed by atoms with Gasteiger partial charge in [-0.2, -0.15) is 0 Å². The van der Waals surface area contributed by atoms with Gasteiger partial charge < -0.3 is 10.0 Å². The third-order valence-electron chi connectivity index (χ3n) is 2.83. The first kappa shape index (κ1) is 11.8. The minimum Gasteiger partial charge on any atom is -0.393 e. The number of rotatable bonds is 2. The number of hydrogen-bond donors (Lipinski definition) is 1. The summed E-state index contributed by atoms with van der Waals surface area (Å²) in [5, 5.41) is 9.46. The van der Waals surface area contributed by atoms with Gasteiger partial charge in [0.15, 0.2) is 0 Å². The molecule has 1 N–H and O–H groups in total. The van der Waals surface area contributed by atoms with E-state index in [4.69, 9.17) is 0 Å².